The van der Waals surface area contributed by atoms with Crippen LogP contribution in [0.5, 0.6) is 5.75 Å². The Morgan fingerprint density at radius 1 is 0.923 bits per heavy atom. The van der Waals surface area contributed by atoms with Gasteiger partial charge in [0.2, 0.25) is 0 Å². The summed E-state index contributed by atoms with van der Waals surface area (Å²) in [6, 6.07) is 12.9. The minimum Gasteiger partial charge on any atom is -0.496 e. The standard InChI is InChI=1S/C23H32ClNO/c1-22(2,3)18-11-9-16(13-20(18)24)15-23(4,5)19-12-10-17(25(6)7)14-21(19)26-8/h9-14H,15H2,1-8H3. The third-order valence-corrected chi connectivity index (χ3v) is 5.23. The van der Waals surface area contributed by atoms with Crippen LogP contribution < -0.4 is 9.64 Å². The smallest absolute Gasteiger partial charge is 0.124 e. The molecule has 0 heterocycles. The molecule has 2 aromatic carbocycles. The van der Waals surface area contributed by atoms with E-state index in [1.807, 2.05) is 14.1 Å². The van der Waals surface area contributed by atoms with E-state index in [1.54, 1.807) is 7.11 Å². The van der Waals surface area contributed by atoms with Crippen molar-refractivity contribution in [2.45, 2.75) is 51.9 Å². The van der Waals surface area contributed by atoms with Gasteiger partial charge in [-0.1, -0.05) is 64.4 Å². The molecule has 0 saturated carbocycles. The number of nitrogens with zero attached hydrogens (tertiary/aromatic N) is 1. The predicted octanol–water partition coefficient (Wildman–Crippen LogP) is 6.23. The van der Waals surface area contributed by atoms with Gasteiger partial charge in [-0.05, 0) is 40.5 Å². The highest BCUT2D eigenvalue weighted by Crippen LogP contribution is 2.38. The van der Waals surface area contributed by atoms with Crippen LogP contribution in [-0.4, -0.2) is 21.2 Å². The summed E-state index contributed by atoms with van der Waals surface area (Å²) in [6.45, 7) is 11.1. The first-order chi connectivity index (χ1) is 12.0. The molecule has 142 valence electrons. The summed E-state index contributed by atoms with van der Waals surface area (Å²) in [5, 5.41) is 0.848. The molecule has 0 spiro atoms. The van der Waals surface area contributed by atoms with E-state index in [9.17, 15) is 0 Å². The first-order valence-electron chi connectivity index (χ1n) is 9.10. The first-order valence-corrected chi connectivity index (χ1v) is 9.48. The molecule has 3 heteroatoms. The van der Waals surface area contributed by atoms with Crippen LogP contribution >= 0.6 is 11.6 Å². The van der Waals surface area contributed by atoms with Gasteiger partial charge in [-0.15, -0.1) is 0 Å². The van der Waals surface area contributed by atoms with Crippen molar-refractivity contribution in [3.05, 3.63) is 58.1 Å². The molecule has 0 radical (unpaired) electrons. The Balaban J connectivity index is 2.35. The zero-order valence-electron chi connectivity index (χ0n) is 17.4. The van der Waals surface area contributed by atoms with Crippen LogP contribution in [0.3, 0.4) is 0 Å². The van der Waals surface area contributed by atoms with Gasteiger partial charge in [0.1, 0.15) is 5.75 Å². The van der Waals surface area contributed by atoms with Gasteiger partial charge in [0.25, 0.3) is 0 Å². The lowest BCUT2D eigenvalue weighted by molar-refractivity contribution is 0.391. The summed E-state index contributed by atoms with van der Waals surface area (Å²) in [5.41, 5.74) is 4.76. The second-order valence-corrected chi connectivity index (χ2v) is 9.31. The van der Waals surface area contributed by atoms with Crippen molar-refractivity contribution in [2.75, 3.05) is 26.1 Å². The fourth-order valence-electron chi connectivity index (χ4n) is 3.40. The molecule has 0 atom stereocenters. The number of hydrogen-bond donors (Lipinski definition) is 0. The summed E-state index contributed by atoms with van der Waals surface area (Å²) >= 11 is 6.57. The molecule has 0 fully saturated rings. The largest absolute Gasteiger partial charge is 0.496 e. The van der Waals surface area contributed by atoms with Crippen molar-refractivity contribution in [3.8, 4) is 5.75 Å². The number of hydrogen-bond acceptors (Lipinski definition) is 2. The number of ether oxygens (including phenoxy) is 1. The predicted molar refractivity (Wildman–Crippen MR) is 114 cm³/mol. The average molecular weight is 374 g/mol. The Hall–Kier alpha value is -1.67. The summed E-state index contributed by atoms with van der Waals surface area (Å²) in [6.07, 6.45) is 0.898. The number of halogens is 1. The van der Waals surface area contributed by atoms with Crippen LogP contribution in [0.1, 0.15) is 51.3 Å². The number of rotatable bonds is 5. The fourth-order valence-corrected chi connectivity index (χ4v) is 3.89. The van der Waals surface area contributed by atoms with E-state index in [0.29, 0.717) is 0 Å². The van der Waals surface area contributed by atoms with Gasteiger partial charge >= 0.3 is 0 Å². The molecular formula is C23H32ClNO. The van der Waals surface area contributed by atoms with E-state index in [4.69, 9.17) is 16.3 Å². The molecule has 0 bridgehead atoms. The quantitative estimate of drug-likeness (QED) is 0.615. The SMILES string of the molecule is COc1cc(N(C)C)ccc1C(C)(C)Cc1ccc(C(C)(C)C)c(Cl)c1. The zero-order valence-corrected chi connectivity index (χ0v) is 18.2. The van der Waals surface area contributed by atoms with Gasteiger partial charge in [0.15, 0.2) is 0 Å². The van der Waals surface area contributed by atoms with Crippen molar-refractivity contribution in [1.29, 1.82) is 0 Å². The van der Waals surface area contributed by atoms with Crippen LogP contribution in [0.15, 0.2) is 36.4 Å². The monoisotopic (exact) mass is 373 g/mol. The van der Waals surface area contributed by atoms with Crippen LogP contribution in [-0.2, 0) is 17.3 Å². The normalized spacial score (nSPS) is 12.2. The van der Waals surface area contributed by atoms with Crippen molar-refractivity contribution in [1.82, 2.24) is 0 Å². The van der Waals surface area contributed by atoms with Gasteiger partial charge in [-0.25, -0.2) is 0 Å². The molecule has 0 amide bonds. The molecular weight excluding hydrogens is 342 g/mol. The zero-order chi connectivity index (χ0) is 19.7. The Labute approximate surface area is 164 Å². The molecule has 0 aliphatic carbocycles. The lowest BCUT2D eigenvalue weighted by atomic mass is 9.78. The van der Waals surface area contributed by atoms with Crippen molar-refractivity contribution in [2.24, 2.45) is 0 Å². The highest BCUT2D eigenvalue weighted by molar-refractivity contribution is 6.31. The second-order valence-electron chi connectivity index (χ2n) is 8.90. The molecule has 0 aliphatic rings. The van der Waals surface area contributed by atoms with Crippen molar-refractivity contribution < 1.29 is 4.74 Å². The summed E-state index contributed by atoms with van der Waals surface area (Å²) in [7, 11) is 5.82. The fraction of sp³-hybridized carbons (Fsp3) is 0.478. The van der Waals surface area contributed by atoms with Gasteiger partial charge in [-0.2, -0.15) is 0 Å². The minimum atomic E-state index is -0.0667. The maximum absolute atomic E-state index is 6.57. The van der Waals surface area contributed by atoms with Gasteiger partial charge in [0, 0.05) is 36.4 Å². The Morgan fingerprint density at radius 2 is 1.54 bits per heavy atom. The van der Waals surface area contributed by atoms with Crippen LogP contribution in [0.2, 0.25) is 5.02 Å². The second kappa shape index (κ2) is 7.52. The molecule has 0 N–H and O–H groups in total. The molecule has 2 rings (SSSR count). The molecule has 0 aromatic heterocycles. The molecule has 0 unspecified atom stereocenters. The molecule has 2 nitrogen and oxygen atoms in total. The molecule has 26 heavy (non-hydrogen) atoms. The highest BCUT2D eigenvalue weighted by atomic mass is 35.5. The number of benzene rings is 2. The van der Waals surface area contributed by atoms with Crippen LogP contribution in [0.25, 0.3) is 0 Å². The van der Waals surface area contributed by atoms with Crippen molar-refractivity contribution in [3.63, 3.8) is 0 Å². The van der Waals surface area contributed by atoms with Crippen LogP contribution in [0, 0.1) is 0 Å². The maximum atomic E-state index is 6.57. The average Bonchev–Trinajstić information content (AvgIpc) is 2.52. The van der Waals surface area contributed by atoms with Crippen molar-refractivity contribution >= 4 is 17.3 Å². The lowest BCUT2D eigenvalue weighted by Gasteiger charge is -2.29. The number of anilines is 1. The topological polar surface area (TPSA) is 12.5 Å². The molecule has 0 saturated heterocycles. The maximum Gasteiger partial charge on any atom is 0.124 e. The minimum absolute atomic E-state index is 0.0519. The van der Waals surface area contributed by atoms with E-state index in [2.05, 4.69) is 75.9 Å². The Bertz CT molecular complexity index is 772. The van der Waals surface area contributed by atoms with E-state index in [1.165, 1.54) is 16.7 Å². The van der Waals surface area contributed by atoms with Gasteiger partial charge < -0.3 is 9.64 Å². The lowest BCUT2D eigenvalue weighted by Crippen LogP contribution is -2.22. The third kappa shape index (κ3) is 4.54. The van der Waals surface area contributed by atoms with Crippen LogP contribution in [0.4, 0.5) is 5.69 Å². The van der Waals surface area contributed by atoms with Gasteiger partial charge in [-0.3, -0.25) is 0 Å². The van der Waals surface area contributed by atoms with E-state index < -0.39 is 0 Å². The Morgan fingerprint density at radius 3 is 2.04 bits per heavy atom. The summed E-state index contributed by atoms with van der Waals surface area (Å²) < 4.78 is 5.70. The van der Waals surface area contributed by atoms with E-state index in [-0.39, 0.29) is 10.8 Å². The summed E-state index contributed by atoms with van der Waals surface area (Å²) in [4.78, 5) is 2.09. The van der Waals surface area contributed by atoms with E-state index in [0.717, 1.165) is 22.9 Å². The number of methoxy groups -OCH3 is 1. The van der Waals surface area contributed by atoms with E-state index >= 15 is 0 Å². The Kier molecular flexibility index (Phi) is 5.97. The molecule has 0 aliphatic heterocycles. The third-order valence-electron chi connectivity index (χ3n) is 4.92. The highest BCUT2D eigenvalue weighted by Gasteiger charge is 2.26. The summed E-state index contributed by atoms with van der Waals surface area (Å²) in [5.74, 6) is 0.929. The first kappa shape index (κ1) is 20.6. The molecule has 2 aromatic rings. The van der Waals surface area contributed by atoms with Gasteiger partial charge in [0.05, 0.1) is 7.11 Å².